The van der Waals surface area contributed by atoms with Gasteiger partial charge in [0.25, 0.3) is 11.5 Å². The van der Waals surface area contributed by atoms with E-state index in [1.54, 1.807) is 6.92 Å². The van der Waals surface area contributed by atoms with Crippen LogP contribution in [0, 0.1) is 5.92 Å². The number of carbonyl (C=O) groups excluding carboxylic acids is 4. The minimum Gasteiger partial charge on any atom is -0.383 e. The highest BCUT2D eigenvalue weighted by Gasteiger charge is 2.57. The number of aliphatic hydroxyl groups is 1. The number of aromatic nitrogens is 3. The topological polar surface area (TPSA) is 184 Å². The van der Waals surface area contributed by atoms with Crippen molar-refractivity contribution in [1.82, 2.24) is 30.7 Å². The van der Waals surface area contributed by atoms with Gasteiger partial charge in [0.05, 0.1) is 0 Å². The van der Waals surface area contributed by atoms with Crippen LogP contribution in [-0.2, 0) is 20.9 Å². The van der Waals surface area contributed by atoms with E-state index in [-0.39, 0.29) is 41.5 Å². The maximum atomic E-state index is 13.1. The van der Waals surface area contributed by atoms with E-state index in [0.717, 1.165) is 30.6 Å². The fourth-order valence-electron chi connectivity index (χ4n) is 4.61. The fourth-order valence-corrected chi connectivity index (χ4v) is 5.06. The average Bonchev–Trinajstić information content (AvgIpc) is 3.36. The maximum absolute atomic E-state index is 13.1. The van der Waals surface area contributed by atoms with E-state index in [2.05, 4.69) is 31.5 Å². The third-order valence-corrected chi connectivity index (χ3v) is 7.28. The minimum atomic E-state index is -1.39. The summed E-state index contributed by atoms with van der Waals surface area (Å²) in [4.78, 5) is 62.8. The number of nitrogens with one attached hydrogen (secondary N) is 4. The zero-order valence-electron chi connectivity index (χ0n) is 20.2. The molecule has 2 aromatic rings. The Hall–Kier alpha value is -3.65. The number of rotatable bonds is 12. The summed E-state index contributed by atoms with van der Waals surface area (Å²) in [6.07, 6.45) is 2.77. The second kappa shape index (κ2) is 11.2. The maximum Gasteiger partial charge on any atom is 0.282 e. The zero-order chi connectivity index (χ0) is 26.6. The Morgan fingerprint density at radius 1 is 1.22 bits per heavy atom. The lowest BCUT2D eigenvalue weighted by molar-refractivity contribution is -0.133. The molecule has 14 heteroatoms. The second-order valence-corrected chi connectivity index (χ2v) is 10.2. The average molecular weight is 532 g/mol. The molecule has 0 saturated heterocycles. The molecular formula is C23H29N7O6S. The smallest absolute Gasteiger partial charge is 0.282 e. The van der Waals surface area contributed by atoms with Gasteiger partial charge in [0.2, 0.25) is 22.7 Å². The molecule has 5 N–H and O–H groups in total. The van der Waals surface area contributed by atoms with E-state index in [1.165, 1.54) is 28.4 Å². The molecule has 2 atom stereocenters. The first-order valence-electron chi connectivity index (χ1n) is 12.0. The lowest BCUT2D eigenvalue weighted by Crippen LogP contribution is -2.68. The third kappa shape index (κ3) is 6.20. The molecule has 2 heterocycles. The van der Waals surface area contributed by atoms with Crippen molar-refractivity contribution in [3.63, 3.8) is 0 Å². The summed E-state index contributed by atoms with van der Waals surface area (Å²) < 4.78 is 1.20. The van der Waals surface area contributed by atoms with Crippen LogP contribution in [0.25, 0.3) is 0 Å². The number of carbonyl (C=O) groups is 4. The van der Waals surface area contributed by atoms with Crippen LogP contribution in [0.5, 0.6) is 0 Å². The Kier molecular flexibility index (Phi) is 7.97. The number of amides is 4. The molecule has 198 valence electrons. The van der Waals surface area contributed by atoms with Crippen molar-refractivity contribution in [2.45, 2.75) is 63.3 Å². The van der Waals surface area contributed by atoms with Crippen molar-refractivity contribution < 1.29 is 24.3 Å². The molecule has 3 fully saturated rings. The highest BCUT2D eigenvalue weighted by Crippen LogP contribution is 2.56. The van der Waals surface area contributed by atoms with Crippen LogP contribution in [-0.4, -0.2) is 67.7 Å². The summed E-state index contributed by atoms with van der Waals surface area (Å²) in [7, 11) is 0. The van der Waals surface area contributed by atoms with Crippen molar-refractivity contribution >= 4 is 40.7 Å². The highest BCUT2D eigenvalue weighted by molar-refractivity contribution is 7.11. The Morgan fingerprint density at radius 2 is 1.97 bits per heavy atom. The van der Waals surface area contributed by atoms with E-state index in [9.17, 15) is 29.1 Å². The normalized spacial score (nSPS) is 21.0. The van der Waals surface area contributed by atoms with Crippen LogP contribution in [0.3, 0.4) is 0 Å². The van der Waals surface area contributed by atoms with Crippen LogP contribution in [0.4, 0.5) is 5.69 Å². The zero-order valence-corrected chi connectivity index (χ0v) is 21.0. The molecule has 2 aromatic heterocycles. The number of nitrogens with zero attached hydrogens (tertiary/aromatic N) is 3. The molecule has 5 rings (SSSR count). The van der Waals surface area contributed by atoms with E-state index < -0.39 is 35.4 Å². The molecule has 3 saturated carbocycles. The monoisotopic (exact) mass is 531 g/mol. The first-order valence-corrected chi connectivity index (χ1v) is 12.9. The van der Waals surface area contributed by atoms with E-state index in [4.69, 9.17) is 0 Å². The highest BCUT2D eigenvalue weighted by atomic mass is 32.1. The number of aliphatic hydroxyl groups excluding tert-OH is 1. The molecule has 0 aliphatic heterocycles. The van der Waals surface area contributed by atoms with E-state index in [0.29, 0.717) is 12.5 Å². The molecule has 0 radical (unpaired) electrons. The van der Waals surface area contributed by atoms with Gasteiger partial charge in [-0.05, 0) is 57.1 Å². The molecule has 2 bridgehead atoms. The number of anilines is 1. The third-order valence-electron chi connectivity index (χ3n) is 6.59. The number of pyridine rings is 1. The molecule has 37 heavy (non-hydrogen) atoms. The van der Waals surface area contributed by atoms with Crippen molar-refractivity contribution in [2.75, 3.05) is 11.9 Å². The standard InChI is InChI=1S/C23H29N7O6S/c1-2-24-19(34)16(31)6-5-14(26-20(35)21-29-25-12-37-21)18(33)27-15-4-3-7-30(22(15)36)11-17(32)28-23-8-13(9-23)10-23/h3-4,7,12-14,16,31H,2,5-6,8-11H2,1H3,(H,24,34)(H,26,35)(H,27,33)(H,28,32)/t13?,14-,16?,23?/m0/s1. The fraction of sp³-hybridized carbons (Fsp3) is 0.522. The van der Waals surface area contributed by atoms with Crippen molar-refractivity contribution in [3.05, 3.63) is 39.2 Å². The minimum absolute atomic E-state index is 0.0267. The molecule has 0 spiro atoms. The quantitative estimate of drug-likeness (QED) is 0.240. The van der Waals surface area contributed by atoms with Crippen LogP contribution < -0.4 is 26.8 Å². The van der Waals surface area contributed by atoms with Crippen LogP contribution in [0.15, 0.2) is 28.6 Å². The summed E-state index contributed by atoms with van der Waals surface area (Å²) in [6, 6.07) is 1.73. The van der Waals surface area contributed by atoms with Gasteiger partial charge in [-0.15, -0.1) is 10.2 Å². The Morgan fingerprint density at radius 3 is 2.59 bits per heavy atom. The van der Waals surface area contributed by atoms with Gasteiger partial charge in [-0.25, -0.2) is 0 Å². The lowest BCUT2D eigenvalue weighted by Gasteiger charge is -2.61. The Balaban J connectivity index is 1.42. The Bertz CT molecular complexity index is 1210. The molecule has 4 amide bonds. The van der Waals surface area contributed by atoms with Crippen LogP contribution in [0.2, 0.25) is 0 Å². The molecule has 0 aromatic carbocycles. The lowest BCUT2D eigenvalue weighted by atomic mass is 9.50. The molecular weight excluding hydrogens is 502 g/mol. The summed E-state index contributed by atoms with van der Waals surface area (Å²) in [5, 5.41) is 27.9. The van der Waals surface area contributed by atoms with Gasteiger partial charge >= 0.3 is 0 Å². The SMILES string of the molecule is CCNC(=O)C(O)CC[C@H](NC(=O)c1nncs1)C(=O)Nc1cccn(CC(=O)NC23CC(C2)C3)c1=O. The summed E-state index contributed by atoms with van der Waals surface area (Å²) in [6.45, 7) is 1.84. The predicted octanol–water partition coefficient (Wildman–Crippen LogP) is -0.617. The number of hydrogen-bond acceptors (Lipinski definition) is 9. The van der Waals surface area contributed by atoms with Crippen molar-refractivity contribution in [3.8, 4) is 0 Å². The largest absolute Gasteiger partial charge is 0.383 e. The van der Waals surface area contributed by atoms with Crippen molar-refractivity contribution in [1.29, 1.82) is 0 Å². The van der Waals surface area contributed by atoms with Crippen molar-refractivity contribution in [2.24, 2.45) is 5.92 Å². The Labute approximate surface area is 216 Å². The summed E-state index contributed by atoms with van der Waals surface area (Å²) >= 11 is 0.976. The molecule has 3 aliphatic rings. The first kappa shape index (κ1) is 26.4. The molecule has 13 nitrogen and oxygen atoms in total. The summed E-state index contributed by atoms with van der Waals surface area (Å²) in [5.41, 5.74) is 0.582. The first-order chi connectivity index (χ1) is 17.7. The number of hydrogen-bond donors (Lipinski definition) is 5. The van der Waals surface area contributed by atoms with Gasteiger partial charge < -0.3 is 30.9 Å². The van der Waals surface area contributed by atoms with Gasteiger partial charge in [-0.3, -0.25) is 24.0 Å². The van der Waals surface area contributed by atoms with Gasteiger partial charge in [0.15, 0.2) is 0 Å². The van der Waals surface area contributed by atoms with Gasteiger partial charge in [0, 0.05) is 18.3 Å². The molecule has 3 aliphatic carbocycles. The van der Waals surface area contributed by atoms with Gasteiger partial charge in [-0.2, -0.15) is 0 Å². The van der Waals surface area contributed by atoms with Gasteiger partial charge in [-0.1, -0.05) is 11.3 Å². The predicted molar refractivity (Wildman–Crippen MR) is 133 cm³/mol. The second-order valence-electron chi connectivity index (χ2n) is 9.41. The van der Waals surface area contributed by atoms with Crippen LogP contribution in [0.1, 0.15) is 48.8 Å². The van der Waals surface area contributed by atoms with E-state index in [1.807, 2.05) is 0 Å². The summed E-state index contributed by atoms with van der Waals surface area (Å²) in [5.74, 6) is -1.56. The van der Waals surface area contributed by atoms with Gasteiger partial charge in [0.1, 0.15) is 29.9 Å². The van der Waals surface area contributed by atoms with E-state index >= 15 is 0 Å². The molecule has 1 unspecified atom stereocenters. The number of likely N-dealkylation sites (N-methyl/N-ethyl adjacent to an activating group) is 1. The van der Waals surface area contributed by atoms with Crippen LogP contribution >= 0.6 is 11.3 Å².